The number of carbonyl (C=O) groups is 1. The first-order valence-corrected chi connectivity index (χ1v) is 5.83. The fourth-order valence-electron chi connectivity index (χ4n) is 1.63. The van der Waals surface area contributed by atoms with Crippen molar-refractivity contribution in [2.24, 2.45) is 7.05 Å². The number of alkyl halides is 3. The van der Waals surface area contributed by atoms with Gasteiger partial charge in [0.15, 0.2) is 0 Å². The lowest BCUT2D eigenvalue weighted by Gasteiger charge is -2.08. The maximum absolute atomic E-state index is 11.9. The first-order chi connectivity index (χ1) is 8.81. The molecule has 1 aromatic rings. The van der Waals surface area contributed by atoms with Gasteiger partial charge in [-0.25, -0.2) is 4.79 Å². The number of nitrogens with one attached hydrogen (secondary N) is 1. The number of aryl methyl sites for hydroxylation is 1. The molecule has 0 saturated carbocycles. The molecule has 1 heterocycles. The van der Waals surface area contributed by atoms with Crippen LogP contribution in [0.4, 0.5) is 13.2 Å². The molecule has 0 aliphatic heterocycles. The van der Waals surface area contributed by atoms with Gasteiger partial charge in [0, 0.05) is 20.0 Å². The number of aromatic carboxylic acids is 1. The second kappa shape index (κ2) is 6.55. The van der Waals surface area contributed by atoms with Gasteiger partial charge in [-0.15, -0.1) is 0 Å². The van der Waals surface area contributed by atoms with Crippen molar-refractivity contribution in [3.8, 4) is 0 Å². The molecule has 108 valence electrons. The third kappa shape index (κ3) is 5.29. The maximum atomic E-state index is 11.9. The maximum Gasteiger partial charge on any atom is 0.389 e. The number of carboxylic acids is 1. The molecule has 2 N–H and O–H groups in total. The summed E-state index contributed by atoms with van der Waals surface area (Å²) in [5.74, 6) is -1.07. The van der Waals surface area contributed by atoms with Crippen molar-refractivity contribution in [1.29, 1.82) is 0 Å². The number of unbranched alkanes of at least 4 members (excludes halogenated alkanes) is 1. The first kappa shape index (κ1) is 15.5. The summed E-state index contributed by atoms with van der Waals surface area (Å²) in [5.41, 5.74) is 0.605. The molecule has 8 heteroatoms. The monoisotopic (exact) mass is 279 g/mol. The average Bonchev–Trinajstić information content (AvgIpc) is 2.64. The van der Waals surface area contributed by atoms with Crippen molar-refractivity contribution in [3.05, 3.63) is 17.5 Å². The molecule has 1 aromatic heterocycles. The van der Waals surface area contributed by atoms with E-state index in [2.05, 4.69) is 10.4 Å². The predicted octanol–water partition coefficient (Wildman–Crippen LogP) is 1.94. The number of hydrogen-bond donors (Lipinski definition) is 2. The fourth-order valence-corrected chi connectivity index (χ4v) is 1.63. The smallest absolute Gasteiger partial charge is 0.389 e. The minimum atomic E-state index is -4.11. The minimum Gasteiger partial charge on any atom is -0.478 e. The summed E-state index contributed by atoms with van der Waals surface area (Å²) in [6.07, 6.45) is -3.20. The van der Waals surface area contributed by atoms with Gasteiger partial charge in [-0.1, -0.05) is 0 Å². The first-order valence-electron chi connectivity index (χ1n) is 5.83. The van der Waals surface area contributed by atoms with Crippen LogP contribution in [0.2, 0.25) is 0 Å². The molecular formula is C11H16F3N3O2. The average molecular weight is 279 g/mol. The molecule has 5 nitrogen and oxygen atoms in total. The van der Waals surface area contributed by atoms with Crippen molar-refractivity contribution in [3.63, 3.8) is 0 Å². The Bertz CT molecular complexity index is 429. The minimum absolute atomic E-state index is 0.0632. The zero-order chi connectivity index (χ0) is 14.5. The molecule has 0 aliphatic carbocycles. The molecule has 0 bridgehead atoms. The van der Waals surface area contributed by atoms with Crippen LogP contribution in [0, 0.1) is 0 Å². The molecule has 0 amide bonds. The lowest BCUT2D eigenvalue weighted by atomic mass is 10.2. The van der Waals surface area contributed by atoms with Gasteiger partial charge in [0.25, 0.3) is 0 Å². The highest BCUT2D eigenvalue weighted by Gasteiger charge is 2.25. The van der Waals surface area contributed by atoms with Gasteiger partial charge in [-0.2, -0.15) is 18.3 Å². The van der Waals surface area contributed by atoms with Crippen molar-refractivity contribution in [1.82, 2.24) is 15.1 Å². The van der Waals surface area contributed by atoms with Crippen LogP contribution in [0.25, 0.3) is 0 Å². The predicted molar refractivity (Wildman–Crippen MR) is 61.8 cm³/mol. The third-order valence-electron chi connectivity index (χ3n) is 2.65. The Morgan fingerprint density at radius 1 is 1.47 bits per heavy atom. The van der Waals surface area contributed by atoms with Crippen LogP contribution in [-0.2, 0) is 13.6 Å². The fraction of sp³-hybridized carbons (Fsp3) is 0.636. The second-order valence-electron chi connectivity index (χ2n) is 4.18. The molecule has 0 saturated heterocycles. The molecule has 0 radical (unpaired) electrons. The zero-order valence-electron chi connectivity index (χ0n) is 10.5. The van der Waals surface area contributed by atoms with Gasteiger partial charge in [0.1, 0.15) is 5.56 Å². The summed E-state index contributed by atoms with van der Waals surface area (Å²) in [5, 5.41) is 15.7. The molecule has 1 rings (SSSR count). The van der Waals surface area contributed by atoms with Crippen LogP contribution in [0.5, 0.6) is 0 Å². The summed E-state index contributed by atoms with van der Waals surface area (Å²) in [6, 6.07) is 0. The Labute approximate surface area is 108 Å². The summed E-state index contributed by atoms with van der Waals surface area (Å²) in [6.45, 7) is 0.671. The highest BCUT2D eigenvalue weighted by Crippen LogP contribution is 2.21. The van der Waals surface area contributed by atoms with E-state index in [1.807, 2.05) is 0 Å². The third-order valence-corrected chi connectivity index (χ3v) is 2.65. The van der Waals surface area contributed by atoms with E-state index in [9.17, 15) is 18.0 Å². The highest BCUT2D eigenvalue weighted by molar-refractivity contribution is 5.88. The molecule has 19 heavy (non-hydrogen) atoms. The van der Waals surface area contributed by atoms with Gasteiger partial charge in [0.2, 0.25) is 0 Å². The van der Waals surface area contributed by atoms with Gasteiger partial charge in [-0.3, -0.25) is 4.68 Å². The number of aromatic nitrogens is 2. The molecular weight excluding hydrogens is 263 g/mol. The molecule has 0 aliphatic rings. The van der Waals surface area contributed by atoms with E-state index in [1.165, 1.54) is 10.9 Å². The van der Waals surface area contributed by atoms with E-state index in [-0.39, 0.29) is 18.5 Å². The number of rotatable bonds is 7. The largest absolute Gasteiger partial charge is 0.478 e. The Kier molecular flexibility index (Phi) is 5.34. The summed E-state index contributed by atoms with van der Waals surface area (Å²) >= 11 is 0. The molecule has 0 atom stereocenters. The van der Waals surface area contributed by atoms with Gasteiger partial charge < -0.3 is 10.4 Å². The Morgan fingerprint density at radius 3 is 2.74 bits per heavy atom. The lowest BCUT2D eigenvalue weighted by Crippen LogP contribution is -2.19. The lowest BCUT2D eigenvalue weighted by molar-refractivity contribution is -0.135. The van der Waals surface area contributed by atoms with E-state index in [0.717, 1.165) is 0 Å². The summed E-state index contributed by atoms with van der Waals surface area (Å²) in [7, 11) is 1.62. The molecule has 0 aromatic carbocycles. The van der Waals surface area contributed by atoms with Crippen molar-refractivity contribution in [2.45, 2.75) is 32.0 Å². The molecule has 0 unspecified atom stereocenters. The van der Waals surface area contributed by atoms with Crippen LogP contribution in [0.3, 0.4) is 0 Å². The Balaban J connectivity index is 2.30. The number of halogens is 3. The number of hydrogen-bond acceptors (Lipinski definition) is 3. The van der Waals surface area contributed by atoms with Crippen LogP contribution in [-0.4, -0.2) is 33.6 Å². The topological polar surface area (TPSA) is 67.2 Å². The molecule has 0 spiro atoms. The summed E-state index contributed by atoms with van der Waals surface area (Å²) in [4.78, 5) is 10.9. The van der Waals surface area contributed by atoms with E-state index in [1.54, 1.807) is 7.05 Å². The quantitative estimate of drug-likeness (QED) is 0.748. The standard InChI is InChI=1S/C11H16F3N3O2/c1-17-9(8(6-16-17)10(18)19)7-15-5-3-2-4-11(12,13)14/h6,15H,2-5,7H2,1H3,(H,18,19). The molecule has 0 fully saturated rings. The van der Waals surface area contributed by atoms with Gasteiger partial charge in [-0.05, 0) is 19.4 Å². The van der Waals surface area contributed by atoms with Crippen molar-refractivity contribution in [2.75, 3.05) is 6.54 Å². The second-order valence-corrected chi connectivity index (χ2v) is 4.18. The van der Waals surface area contributed by atoms with Crippen molar-refractivity contribution < 1.29 is 23.1 Å². The van der Waals surface area contributed by atoms with E-state index in [0.29, 0.717) is 18.7 Å². The Morgan fingerprint density at radius 2 is 2.16 bits per heavy atom. The number of nitrogens with zero attached hydrogens (tertiary/aromatic N) is 2. The SMILES string of the molecule is Cn1ncc(C(=O)O)c1CNCCCCC(F)(F)F. The van der Waals surface area contributed by atoms with Crippen molar-refractivity contribution >= 4 is 5.97 Å². The van der Waals surface area contributed by atoms with E-state index < -0.39 is 18.6 Å². The van der Waals surface area contributed by atoms with Crippen LogP contribution >= 0.6 is 0 Å². The normalized spacial score (nSPS) is 11.8. The Hall–Kier alpha value is -1.57. The summed E-state index contributed by atoms with van der Waals surface area (Å²) < 4.78 is 37.1. The van der Waals surface area contributed by atoms with E-state index in [4.69, 9.17) is 5.11 Å². The van der Waals surface area contributed by atoms with Gasteiger partial charge >= 0.3 is 12.1 Å². The highest BCUT2D eigenvalue weighted by atomic mass is 19.4. The number of carboxylic acid groups (broad SMARTS) is 1. The van der Waals surface area contributed by atoms with Crippen LogP contribution in [0.15, 0.2) is 6.20 Å². The van der Waals surface area contributed by atoms with Gasteiger partial charge in [0.05, 0.1) is 11.9 Å². The zero-order valence-corrected chi connectivity index (χ0v) is 10.5. The van der Waals surface area contributed by atoms with Crippen LogP contribution in [0.1, 0.15) is 35.3 Å². The van der Waals surface area contributed by atoms with E-state index >= 15 is 0 Å². The van der Waals surface area contributed by atoms with Crippen LogP contribution < -0.4 is 5.32 Å².